The van der Waals surface area contributed by atoms with Gasteiger partial charge in [0.1, 0.15) is 5.75 Å². The Morgan fingerprint density at radius 2 is 1.85 bits per heavy atom. The Balaban J connectivity index is 1.68. The highest BCUT2D eigenvalue weighted by Gasteiger charge is 2.35. The lowest BCUT2D eigenvalue weighted by molar-refractivity contribution is 0.0736. The van der Waals surface area contributed by atoms with Crippen LogP contribution in [0.4, 0.5) is 4.79 Å². The van der Waals surface area contributed by atoms with Crippen LogP contribution >= 0.6 is 0 Å². The number of urea groups is 1. The van der Waals surface area contributed by atoms with E-state index in [2.05, 4.69) is 15.5 Å². The zero-order valence-corrected chi connectivity index (χ0v) is 19.9. The highest BCUT2D eigenvalue weighted by molar-refractivity contribution is 5.86. The van der Waals surface area contributed by atoms with Crippen molar-refractivity contribution >= 4 is 11.6 Å². The first-order valence-corrected chi connectivity index (χ1v) is 11.4. The van der Waals surface area contributed by atoms with Gasteiger partial charge in [-0.3, -0.25) is 4.90 Å². The monoisotopic (exact) mass is 462 g/mol. The third-order valence-electron chi connectivity index (χ3n) is 5.71. The average Bonchev–Trinajstić information content (AvgIpc) is 3.33. The maximum absolute atomic E-state index is 13.0. The van der Waals surface area contributed by atoms with Crippen LogP contribution in [0.15, 0.2) is 64.8 Å². The molecular weight excluding hydrogens is 432 g/mol. The predicted molar refractivity (Wildman–Crippen MR) is 129 cm³/mol. The first kappa shape index (κ1) is 23.5. The van der Waals surface area contributed by atoms with Crippen LogP contribution < -0.4 is 10.1 Å². The van der Waals surface area contributed by atoms with Crippen LogP contribution in [0.1, 0.15) is 44.7 Å². The summed E-state index contributed by atoms with van der Waals surface area (Å²) in [5.41, 5.74) is 3.32. The van der Waals surface area contributed by atoms with Crippen molar-refractivity contribution in [1.29, 1.82) is 0 Å². The van der Waals surface area contributed by atoms with Crippen LogP contribution in [0.3, 0.4) is 0 Å². The molecular formula is C26H30N4O4. The fourth-order valence-electron chi connectivity index (χ4n) is 3.96. The topological polar surface area (TPSA) is 89.7 Å². The van der Waals surface area contributed by atoms with E-state index in [9.17, 15) is 4.79 Å². The molecule has 0 aliphatic carbocycles. The van der Waals surface area contributed by atoms with Gasteiger partial charge in [-0.15, -0.1) is 0 Å². The number of hydrogen-bond donors (Lipinski definition) is 1. The van der Waals surface area contributed by atoms with E-state index in [1.165, 1.54) is 0 Å². The highest BCUT2D eigenvalue weighted by atomic mass is 16.5. The number of ether oxygens (including phenoxy) is 2. The Morgan fingerprint density at radius 3 is 2.53 bits per heavy atom. The van der Waals surface area contributed by atoms with Crippen LogP contribution in [0.5, 0.6) is 5.75 Å². The maximum atomic E-state index is 13.0. The lowest BCUT2D eigenvalue weighted by atomic mass is 9.94. The van der Waals surface area contributed by atoms with E-state index >= 15 is 0 Å². The van der Waals surface area contributed by atoms with Crippen LogP contribution in [0.25, 0.3) is 17.0 Å². The molecule has 4 rings (SSSR count). The molecule has 1 unspecified atom stereocenters. The molecule has 2 amide bonds. The fraction of sp³-hybridized carbons (Fsp3) is 0.346. The van der Waals surface area contributed by atoms with E-state index in [0.29, 0.717) is 31.3 Å². The van der Waals surface area contributed by atoms with Crippen molar-refractivity contribution in [2.24, 2.45) is 0 Å². The summed E-state index contributed by atoms with van der Waals surface area (Å²) in [4.78, 5) is 19.4. The van der Waals surface area contributed by atoms with Gasteiger partial charge in [0.05, 0.1) is 24.8 Å². The van der Waals surface area contributed by atoms with Crippen molar-refractivity contribution in [2.75, 3.05) is 20.3 Å². The van der Waals surface area contributed by atoms with Gasteiger partial charge in [-0.2, -0.15) is 4.98 Å². The van der Waals surface area contributed by atoms with Gasteiger partial charge in [-0.05, 0) is 57.0 Å². The Bertz CT molecular complexity index is 1140. The van der Waals surface area contributed by atoms with E-state index in [-0.39, 0.29) is 12.1 Å². The van der Waals surface area contributed by atoms with Gasteiger partial charge in [0.15, 0.2) is 0 Å². The van der Waals surface area contributed by atoms with Crippen LogP contribution in [0, 0.1) is 0 Å². The minimum absolute atomic E-state index is 0.152. The molecule has 0 fully saturated rings. The van der Waals surface area contributed by atoms with E-state index in [4.69, 9.17) is 14.0 Å². The molecule has 8 heteroatoms. The number of nitrogens with zero attached hydrogens (tertiary/aromatic N) is 3. The Kier molecular flexibility index (Phi) is 7.27. The standard InChI is InChI=1S/C26H30N4O4/c1-17(2)33-16-8-15-30-18(3)22(23(27-26(30)31)19-9-6-5-7-10-19)25-28-24(29-34-25)20-11-13-21(32-4)14-12-20/h5-7,9-14,17,23H,8,15-16H2,1-4H3,(H,27,31). The van der Waals surface area contributed by atoms with Gasteiger partial charge in [0.2, 0.25) is 5.82 Å². The molecule has 0 saturated carbocycles. The summed E-state index contributed by atoms with van der Waals surface area (Å²) >= 11 is 0. The van der Waals surface area contributed by atoms with Crippen molar-refractivity contribution in [3.8, 4) is 17.1 Å². The van der Waals surface area contributed by atoms with Crippen LogP contribution in [-0.4, -0.2) is 47.4 Å². The number of methoxy groups -OCH3 is 1. The summed E-state index contributed by atoms with van der Waals surface area (Å²) in [7, 11) is 1.62. The summed E-state index contributed by atoms with van der Waals surface area (Å²) in [5.74, 6) is 1.60. The van der Waals surface area contributed by atoms with Gasteiger partial charge in [-0.1, -0.05) is 35.5 Å². The van der Waals surface area contributed by atoms with Gasteiger partial charge in [0.25, 0.3) is 5.89 Å². The molecule has 1 aliphatic rings. The number of benzene rings is 2. The van der Waals surface area contributed by atoms with Gasteiger partial charge >= 0.3 is 6.03 Å². The second-order valence-corrected chi connectivity index (χ2v) is 8.37. The molecule has 178 valence electrons. The molecule has 0 bridgehead atoms. The number of allylic oxidation sites excluding steroid dienone is 1. The Labute approximate surface area is 199 Å². The van der Waals surface area contributed by atoms with Crippen molar-refractivity contribution in [3.05, 3.63) is 71.7 Å². The molecule has 0 spiro atoms. The van der Waals surface area contributed by atoms with E-state index < -0.39 is 6.04 Å². The molecule has 1 aliphatic heterocycles. The number of amides is 2. The number of rotatable bonds is 9. The van der Waals surface area contributed by atoms with Crippen molar-refractivity contribution in [2.45, 2.75) is 39.3 Å². The summed E-state index contributed by atoms with van der Waals surface area (Å²) < 4.78 is 16.6. The SMILES string of the molecule is COc1ccc(-c2noc(C3=C(C)N(CCCOC(C)C)C(=O)NC3c3ccccc3)n2)cc1. The second kappa shape index (κ2) is 10.5. The first-order valence-electron chi connectivity index (χ1n) is 11.4. The lowest BCUT2D eigenvalue weighted by Gasteiger charge is -2.35. The largest absolute Gasteiger partial charge is 0.497 e. The molecule has 1 atom stereocenters. The van der Waals surface area contributed by atoms with Crippen molar-refractivity contribution < 1.29 is 18.8 Å². The number of carbonyl (C=O) groups is 1. The fourth-order valence-corrected chi connectivity index (χ4v) is 3.96. The molecule has 0 radical (unpaired) electrons. The van der Waals surface area contributed by atoms with Gasteiger partial charge in [0, 0.05) is 24.4 Å². The maximum Gasteiger partial charge on any atom is 0.322 e. The van der Waals surface area contributed by atoms with Gasteiger partial charge in [-0.25, -0.2) is 4.79 Å². The molecule has 0 saturated heterocycles. The molecule has 8 nitrogen and oxygen atoms in total. The molecule has 2 aromatic carbocycles. The highest BCUT2D eigenvalue weighted by Crippen LogP contribution is 2.37. The quantitative estimate of drug-likeness (QED) is 0.447. The Morgan fingerprint density at radius 1 is 1.12 bits per heavy atom. The molecule has 2 heterocycles. The zero-order valence-electron chi connectivity index (χ0n) is 19.9. The molecule has 1 aromatic heterocycles. The minimum atomic E-state index is -0.402. The first-order chi connectivity index (χ1) is 16.5. The average molecular weight is 463 g/mol. The number of carbonyl (C=O) groups excluding carboxylic acids is 1. The van der Waals surface area contributed by atoms with Crippen molar-refractivity contribution in [3.63, 3.8) is 0 Å². The van der Waals surface area contributed by atoms with E-state index in [1.54, 1.807) is 12.0 Å². The molecule has 34 heavy (non-hydrogen) atoms. The molecule has 1 N–H and O–H groups in total. The smallest absolute Gasteiger partial charge is 0.322 e. The lowest BCUT2D eigenvalue weighted by Crippen LogP contribution is -2.46. The number of hydrogen-bond acceptors (Lipinski definition) is 6. The summed E-state index contributed by atoms with van der Waals surface area (Å²) in [5, 5.41) is 7.33. The van der Waals surface area contributed by atoms with E-state index in [1.807, 2.05) is 75.4 Å². The number of aromatic nitrogens is 2. The Hall–Kier alpha value is -3.65. The number of nitrogens with one attached hydrogen (secondary N) is 1. The predicted octanol–water partition coefficient (Wildman–Crippen LogP) is 5.06. The van der Waals surface area contributed by atoms with Gasteiger partial charge < -0.3 is 19.3 Å². The summed E-state index contributed by atoms with van der Waals surface area (Å²) in [6.45, 7) is 7.02. The van der Waals surface area contributed by atoms with Crippen molar-refractivity contribution in [1.82, 2.24) is 20.4 Å². The van der Waals surface area contributed by atoms with E-state index in [0.717, 1.165) is 28.1 Å². The summed E-state index contributed by atoms with van der Waals surface area (Å²) in [6, 6.07) is 16.7. The third kappa shape index (κ3) is 5.12. The molecule has 3 aromatic rings. The zero-order chi connectivity index (χ0) is 24.1. The van der Waals surface area contributed by atoms with Crippen LogP contribution in [0.2, 0.25) is 0 Å². The van der Waals surface area contributed by atoms with Crippen LogP contribution in [-0.2, 0) is 4.74 Å². The second-order valence-electron chi connectivity index (χ2n) is 8.37. The summed E-state index contributed by atoms with van der Waals surface area (Å²) in [6.07, 6.45) is 0.868. The normalized spacial score (nSPS) is 16.2. The third-order valence-corrected chi connectivity index (χ3v) is 5.71. The minimum Gasteiger partial charge on any atom is -0.497 e.